The van der Waals surface area contributed by atoms with Crippen LogP contribution in [0.3, 0.4) is 0 Å². The molecule has 1 aromatic rings. The van der Waals surface area contributed by atoms with Crippen molar-refractivity contribution in [2.45, 2.75) is 45.4 Å². The molecule has 2 rings (SSSR count). The van der Waals surface area contributed by atoms with Gasteiger partial charge in [-0.15, -0.1) is 0 Å². The van der Waals surface area contributed by atoms with E-state index in [1.165, 1.54) is 5.56 Å². The minimum absolute atomic E-state index is 0.0257. The molecule has 3 nitrogen and oxygen atoms in total. The Kier molecular flexibility index (Phi) is 4.75. The monoisotopic (exact) mass is 262 g/mol. The summed E-state index contributed by atoms with van der Waals surface area (Å²) in [5.74, 6) is -0.469. The van der Waals surface area contributed by atoms with E-state index in [0.29, 0.717) is 13.2 Å². The van der Waals surface area contributed by atoms with E-state index in [1.54, 1.807) is 0 Å². The van der Waals surface area contributed by atoms with Gasteiger partial charge in [-0.2, -0.15) is 0 Å². The number of benzene rings is 1. The molecule has 0 N–H and O–H groups in total. The first-order valence-corrected chi connectivity index (χ1v) is 6.71. The van der Waals surface area contributed by atoms with E-state index < -0.39 is 5.79 Å². The van der Waals surface area contributed by atoms with Gasteiger partial charge >= 0.3 is 0 Å². The molecule has 0 bridgehead atoms. The number of ether oxygens (including phenoxy) is 3. The second-order valence-electron chi connectivity index (χ2n) is 5.25. The summed E-state index contributed by atoms with van der Waals surface area (Å²) in [4.78, 5) is 0. The Morgan fingerprint density at radius 2 is 2.11 bits per heavy atom. The summed E-state index contributed by atoms with van der Waals surface area (Å²) in [7, 11) is 0. The van der Waals surface area contributed by atoms with Gasteiger partial charge in [-0.3, -0.25) is 0 Å². The van der Waals surface area contributed by atoms with Crippen molar-refractivity contribution in [2.75, 3.05) is 6.61 Å². The molecule has 2 atom stereocenters. The van der Waals surface area contributed by atoms with Gasteiger partial charge in [-0.1, -0.05) is 42.5 Å². The van der Waals surface area contributed by atoms with Crippen molar-refractivity contribution >= 4 is 0 Å². The van der Waals surface area contributed by atoms with E-state index in [-0.39, 0.29) is 12.2 Å². The predicted octanol–water partition coefficient (Wildman–Crippen LogP) is 3.30. The SMILES string of the molecule is C[C@H](/C=C/[C@H]1COC(C)(C)O1)OCc1ccccc1. The van der Waals surface area contributed by atoms with Crippen molar-refractivity contribution in [2.24, 2.45) is 0 Å². The molecule has 1 saturated heterocycles. The topological polar surface area (TPSA) is 27.7 Å². The second-order valence-corrected chi connectivity index (χ2v) is 5.25. The van der Waals surface area contributed by atoms with Gasteiger partial charge in [0.1, 0.15) is 6.10 Å². The normalized spacial score (nSPS) is 23.8. The molecule has 1 fully saturated rings. The van der Waals surface area contributed by atoms with Crippen molar-refractivity contribution in [3.05, 3.63) is 48.0 Å². The largest absolute Gasteiger partial charge is 0.370 e. The zero-order valence-electron chi connectivity index (χ0n) is 11.8. The molecule has 19 heavy (non-hydrogen) atoms. The van der Waals surface area contributed by atoms with Gasteiger partial charge in [0.05, 0.1) is 19.3 Å². The molecular weight excluding hydrogens is 240 g/mol. The number of hydrogen-bond donors (Lipinski definition) is 0. The van der Waals surface area contributed by atoms with Crippen LogP contribution in [0.2, 0.25) is 0 Å². The molecule has 1 aliphatic heterocycles. The van der Waals surface area contributed by atoms with Crippen molar-refractivity contribution < 1.29 is 14.2 Å². The van der Waals surface area contributed by atoms with E-state index in [0.717, 1.165) is 0 Å². The van der Waals surface area contributed by atoms with Gasteiger partial charge in [0.25, 0.3) is 0 Å². The molecular formula is C16H22O3. The summed E-state index contributed by atoms with van der Waals surface area (Å²) in [5.41, 5.74) is 1.18. The van der Waals surface area contributed by atoms with Crippen LogP contribution in [0.1, 0.15) is 26.3 Å². The first kappa shape index (κ1) is 14.3. The Bertz CT molecular complexity index is 411. The van der Waals surface area contributed by atoms with E-state index in [4.69, 9.17) is 14.2 Å². The summed E-state index contributed by atoms with van der Waals surface area (Å²) in [6, 6.07) is 10.2. The van der Waals surface area contributed by atoms with Crippen LogP contribution in [0.5, 0.6) is 0 Å². The second kappa shape index (κ2) is 6.33. The quantitative estimate of drug-likeness (QED) is 0.762. The zero-order valence-corrected chi connectivity index (χ0v) is 11.8. The first-order chi connectivity index (χ1) is 9.05. The Morgan fingerprint density at radius 1 is 1.37 bits per heavy atom. The molecule has 0 radical (unpaired) electrons. The van der Waals surface area contributed by atoms with Crippen LogP contribution in [-0.4, -0.2) is 24.6 Å². The van der Waals surface area contributed by atoms with E-state index in [9.17, 15) is 0 Å². The van der Waals surface area contributed by atoms with Gasteiger partial charge in [0.15, 0.2) is 5.79 Å². The lowest BCUT2D eigenvalue weighted by atomic mass is 10.2. The summed E-state index contributed by atoms with van der Waals surface area (Å²) in [5, 5.41) is 0. The fourth-order valence-electron chi connectivity index (χ4n) is 1.95. The Hall–Kier alpha value is -1.16. The van der Waals surface area contributed by atoms with Crippen LogP contribution in [0.4, 0.5) is 0 Å². The molecule has 0 aliphatic carbocycles. The van der Waals surface area contributed by atoms with Crippen molar-refractivity contribution in [1.29, 1.82) is 0 Å². The third-order valence-corrected chi connectivity index (χ3v) is 2.98. The lowest BCUT2D eigenvalue weighted by molar-refractivity contribution is -0.133. The average Bonchev–Trinajstić information content (AvgIpc) is 2.75. The maximum absolute atomic E-state index is 5.76. The lowest BCUT2D eigenvalue weighted by Crippen LogP contribution is -2.20. The minimum atomic E-state index is -0.469. The smallest absolute Gasteiger partial charge is 0.163 e. The van der Waals surface area contributed by atoms with Crippen molar-refractivity contribution in [3.8, 4) is 0 Å². The highest BCUT2D eigenvalue weighted by Crippen LogP contribution is 2.23. The standard InChI is InChI=1S/C16H22O3/c1-13(17-11-14-7-5-4-6-8-14)9-10-15-12-18-16(2,3)19-15/h4-10,13,15H,11-12H2,1-3H3/b10-9+/t13-,15+/m1/s1. The van der Waals surface area contributed by atoms with Gasteiger partial charge in [-0.05, 0) is 26.3 Å². The maximum atomic E-state index is 5.76. The maximum Gasteiger partial charge on any atom is 0.163 e. The molecule has 3 heteroatoms. The summed E-state index contributed by atoms with van der Waals surface area (Å²) >= 11 is 0. The molecule has 104 valence electrons. The lowest BCUT2D eigenvalue weighted by Gasteiger charge is -2.16. The highest BCUT2D eigenvalue weighted by molar-refractivity contribution is 5.13. The molecule has 1 aliphatic rings. The molecule has 1 heterocycles. The van der Waals surface area contributed by atoms with Crippen LogP contribution in [-0.2, 0) is 20.8 Å². The summed E-state index contributed by atoms with van der Waals surface area (Å²) in [6.45, 7) is 7.11. The fraction of sp³-hybridized carbons (Fsp3) is 0.500. The van der Waals surface area contributed by atoms with Crippen LogP contribution in [0.15, 0.2) is 42.5 Å². The van der Waals surface area contributed by atoms with Crippen molar-refractivity contribution in [1.82, 2.24) is 0 Å². The number of hydrogen-bond acceptors (Lipinski definition) is 3. The molecule has 0 spiro atoms. The van der Waals surface area contributed by atoms with Crippen LogP contribution in [0.25, 0.3) is 0 Å². The van der Waals surface area contributed by atoms with Crippen LogP contribution < -0.4 is 0 Å². The Labute approximate surface area is 115 Å². The molecule has 0 amide bonds. The van der Waals surface area contributed by atoms with Crippen LogP contribution >= 0.6 is 0 Å². The van der Waals surface area contributed by atoms with Crippen molar-refractivity contribution in [3.63, 3.8) is 0 Å². The van der Waals surface area contributed by atoms with Gasteiger partial charge < -0.3 is 14.2 Å². The molecule has 0 saturated carbocycles. The molecule has 1 aromatic carbocycles. The molecule has 0 aromatic heterocycles. The highest BCUT2D eigenvalue weighted by atomic mass is 16.7. The molecule has 0 unspecified atom stereocenters. The van der Waals surface area contributed by atoms with Gasteiger partial charge in [0.2, 0.25) is 0 Å². The van der Waals surface area contributed by atoms with E-state index >= 15 is 0 Å². The summed E-state index contributed by atoms with van der Waals surface area (Å²) < 4.78 is 17.0. The van der Waals surface area contributed by atoms with E-state index in [2.05, 4.69) is 12.1 Å². The zero-order chi connectivity index (χ0) is 13.7. The summed E-state index contributed by atoms with van der Waals surface area (Å²) in [6.07, 6.45) is 4.13. The third-order valence-electron chi connectivity index (χ3n) is 2.98. The first-order valence-electron chi connectivity index (χ1n) is 6.71. The number of rotatable bonds is 5. The highest BCUT2D eigenvalue weighted by Gasteiger charge is 2.30. The Balaban J connectivity index is 1.74. The van der Waals surface area contributed by atoms with Crippen LogP contribution in [0, 0.1) is 0 Å². The minimum Gasteiger partial charge on any atom is -0.370 e. The van der Waals surface area contributed by atoms with E-state index in [1.807, 2.05) is 51.1 Å². The predicted molar refractivity (Wildman–Crippen MR) is 74.7 cm³/mol. The third kappa shape index (κ3) is 4.78. The van der Waals surface area contributed by atoms with Gasteiger partial charge in [-0.25, -0.2) is 0 Å². The fourth-order valence-corrected chi connectivity index (χ4v) is 1.95. The Morgan fingerprint density at radius 3 is 2.74 bits per heavy atom. The van der Waals surface area contributed by atoms with Gasteiger partial charge in [0, 0.05) is 0 Å². The average molecular weight is 262 g/mol.